The summed E-state index contributed by atoms with van der Waals surface area (Å²) in [6, 6.07) is 2.96. The van der Waals surface area contributed by atoms with Gasteiger partial charge in [0.15, 0.2) is 0 Å². The third-order valence-electron chi connectivity index (χ3n) is 7.67. The molecule has 1 aliphatic heterocycles. The lowest BCUT2D eigenvalue weighted by molar-refractivity contribution is -0.192. The third-order valence-corrected chi connectivity index (χ3v) is 9.61. The number of pyridine rings is 1. The first-order valence-corrected chi connectivity index (χ1v) is 13.3. The molecule has 0 aromatic carbocycles. The first-order chi connectivity index (χ1) is 16.4. The van der Waals surface area contributed by atoms with Gasteiger partial charge in [0.1, 0.15) is 4.90 Å². The number of carboxylic acids is 1. The van der Waals surface area contributed by atoms with Gasteiger partial charge in [0.05, 0.1) is 0 Å². The Bertz CT molecular complexity index is 1010. The van der Waals surface area contributed by atoms with E-state index in [-0.39, 0.29) is 28.8 Å². The molecule has 8 nitrogen and oxygen atoms in total. The van der Waals surface area contributed by atoms with E-state index in [0.29, 0.717) is 6.54 Å². The monoisotopic (exact) mass is 517 g/mol. The van der Waals surface area contributed by atoms with Crippen molar-refractivity contribution >= 4 is 21.9 Å². The first-order valence-electron chi connectivity index (χ1n) is 11.9. The molecule has 2 N–H and O–H groups in total. The number of nitrogens with one attached hydrogen (secondary N) is 1. The fourth-order valence-corrected chi connectivity index (χ4v) is 8.45. The van der Waals surface area contributed by atoms with Crippen molar-refractivity contribution in [2.75, 3.05) is 6.54 Å². The highest BCUT2D eigenvalue weighted by atomic mass is 32.2. The van der Waals surface area contributed by atoms with Crippen LogP contribution in [0, 0.1) is 17.8 Å². The van der Waals surface area contributed by atoms with E-state index in [1.54, 1.807) is 18.3 Å². The second-order valence-corrected chi connectivity index (χ2v) is 12.2. The Morgan fingerprint density at radius 3 is 2.20 bits per heavy atom. The Hall–Kier alpha value is -2.21. The highest BCUT2D eigenvalue weighted by Crippen LogP contribution is 2.55. The number of nitrogens with zero attached hydrogens (tertiary/aromatic N) is 2. The van der Waals surface area contributed by atoms with Crippen molar-refractivity contribution in [2.24, 2.45) is 17.8 Å². The molecule has 0 spiro atoms. The highest BCUT2D eigenvalue weighted by Gasteiger charge is 2.51. The van der Waals surface area contributed by atoms with Gasteiger partial charge < -0.3 is 10.4 Å². The van der Waals surface area contributed by atoms with Crippen LogP contribution in [-0.4, -0.2) is 59.0 Å². The van der Waals surface area contributed by atoms with E-state index < -0.39 is 22.2 Å². The maximum absolute atomic E-state index is 13.0. The second-order valence-electron chi connectivity index (χ2n) is 10.4. The van der Waals surface area contributed by atoms with E-state index in [2.05, 4.69) is 10.3 Å². The largest absolute Gasteiger partial charge is 0.490 e. The summed E-state index contributed by atoms with van der Waals surface area (Å²) < 4.78 is 59.2. The van der Waals surface area contributed by atoms with Gasteiger partial charge in [0.2, 0.25) is 15.9 Å². The number of sulfonamides is 1. The minimum atomic E-state index is -5.08. The van der Waals surface area contributed by atoms with Crippen LogP contribution in [-0.2, 0) is 19.6 Å². The fourth-order valence-electron chi connectivity index (χ4n) is 6.79. The molecule has 194 valence electrons. The van der Waals surface area contributed by atoms with Gasteiger partial charge in [0.25, 0.3) is 0 Å². The van der Waals surface area contributed by atoms with Crippen LogP contribution in [0.1, 0.15) is 57.8 Å². The summed E-state index contributed by atoms with van der Waals surface area (Å²) in [4.78, 5) is 26.0. The first kappa shape index (κ1) is 25.9. The molecule has 4 bridgehead atoms. The standard InChI is InChI=1S/C21H29N3O3S.C2HF3O2/c25-20(23-21-11-15-7-16(12-21)9-17(8-15)13-21)10-18-3-2-6-24(18)28(26,27)19-4-1-5-22-14-19;3-2(4,5)1(6)7/h1,4-5,14-18H,2-3,6-13H2,(H,23,25);(H,6,7). The van der Waals surface area contributed by atoms with Gasteiger partial charge in [-0.3, -0.25) is 9.78 Å². The molecule has 4 saturated carbocycles. The number of alkyl halides is 3. The average molecular weight is 518 g/mol. The summed E-state index contributed by atoms with van der Waals surface area (Å²) in [6.07, 6.45) is 7.06. The number of aromatic nitrogens is 1. The minimum Gasteiger partial charge on any atom is -0.475 e. The predicted octanol–water partition coefficient (Wildman–Crippen LogP) is 3.34. The van der Waals surface area contributed by atoms with Crippen molar-refractivity contribution in [2.45, 2.75) is 80.4 Å². The molecular weight excluding hydrogens is 487 g/mol. The summed E-state index contributed by atoms with van der Waals surface area (Å²) >= 11 is 0. The van der Waals surface area contributed by atoms with Gasteiger partial charge in [-0.15, -0.1) is 0 Å². The SMILES string of the molecule is O=C(CC1CCCN1S(=O)(=O)c1cccnc1)NC12CC3CC(CC(C3)C1)C2.O=C(O)C(F)(F)F. The van der Waals surface area contributed by atoms with Gasteiger partial charge in [-0.25, -0.2) is 13.2 Å². The third kappa shape index (κ3) is 5.79. The van der Waals surface area contributed by atoms with Gasteiger partial charge in [0, 0.05) is 36.9 Å². The number of hydrogen-bond donors (Lipinski definition) is 2. The predicted molar refractivity (Wildman–Crippen MR) is 119 cm³/mol. The number of amides is 1. The Morgan fingerprint density at radius 2 is 1.71 bits per heavy atom. The van der Waals surface area contributed by atoms with Gasteiger partial charge in [-0.1, -0.05) is 0 Å². The van der Waals surface area contributed by atoms with Crippen molar-refractivity contribution in [3.8, 4) is 0 Å². The lowest BCUT2D eigenvalue weighted by Gasteiger charge is -2.57. The Kier molecular flexibility index (Phi) is 7.16. The summed E-state index contributed by atoms with van der Waals surface area (Å²) in [5.41, 5.74) is -0.0164. The summed E-state index contributed by atoms with van der Waals surface area (Å²) in [6.45, 7) is 0.479. The summed E-state index contributed by atoms with van der Waals surface area (Å²) in [5.74, 6) is -0.394. The molecule has 1 saturated heterocycles. The molecule has 1 amide bonds. The van der Waals surface area contributed by atoms with Gasteiger partial charge in [-0.2, -0.15) is 17.5 Å². The van der Waals surface area contributed by atoms with Crippen molar-refractivity contribution in [3.05, 3.63) is 24.5 Å². The highest BCUT2D eigenvalue weighted by molar-refractivity contribution is 7.89. The maximum atomic E-state index is 13.0. The van der Waals surface area contributed by atoms with Crippen LogP contribution in [0.15, 0.2) is 29.4 Å². The summed E-state index contributed by atoms with van der Waals surface area (Å²) in [7, 11) is -3.60. The van der Waals surface area contributed by atoms with E-state index in [1.165, 1.54) is 29.8 Å². The Balaban J connectivity index is 0.000000364. The zero-order chi connectivity index (χ0) is 25.4. The quantitative estimate of drug-likeness (QED) is 0.619. The topological polar surface area (TPSA) is 117 Å². The molecule has 1 unspecified atom stereocenters. The molecule has 6 rings (SSSR count). The lowest BCUT2D eigenvalue weighted by atomic mass is 9.53. The van der Waals surface area contributed by atoms with Crippen LogP contribution in [0.25, 0.3) is 0 Å². The van der Waals surface area contributed by atoms with Crippen LogP contribution in [0.2, 0.25) is 0 Å². The van der Waals surface area contributed by atoms with E-state index in [1.807, 2.05) is 0 Å². The second kappa shape index (κ2) is 9.68. The Labute approximate surface area is 202 Å². The fraction of sp³-hybridized carbons (Fsp3) is 0.696. The molecule has 5 fully saturated rings. The molecule has 5 aliphatic rings. The van der Waals surface area contributed by atoms with Crippen LogP contribution in [0.5, 0.6) is 0 Å². The average Bonchev–Trinajstić information content (AvgIpc) is 3.21. The van der Waals surface area contributed by atoms with Crippen molar-refractivity contribution < 1.29 is 36.3 Å². The number of aliphatic carboxylic acids is 1. The molecule has 4 aliphatic carbocycles. The molecular formula is C23H30F3N3O5S. The van der Waals surface area contributed by atoms with E-state index in [4.69, 9.17) is 9.90 Å². The lowest BCUT2D eigenvalue weighted by Crippen LogP contribution is -2.60. The van der Waals surface area contributed by atoms with Crippen LogP contribution in [0.3, 0.4) is 0 Å². The van der Waals surface area contributed by atoms with Gasteiger partial charge >= 0.3 is 12.1 Å². The maximum Gasteiger partial charge on any atom is 0.490 e. The Morgan fingerprint density at radius 1 is 1.14 bits per heavy atom. The molecule has 1 aromatic heterocycles. The zero-order valence-electron chi connectivity index (χ0n) is 19.2. The molecule has 35 heavy (non-hydrogen) atoms. The van der Waals surface area contributed by atoms with Crippen molar-refractivity contribution in [1.29, 1.82) is 0 Å². The number of carbonyl (C=O) groups is 2. The summed E-state index contributed by atoms with van der Waals surface area (Å²) in [5, 5.41) is 10.5. The van der Waals surface area contributed by atoms with E-state index in [0.717, 1.165) is 49.9 Å². The number of hydrogen-bond acceptors (Lipinski definition) is 5. The number of halogens is 3. The number of rotatable bonds is 5. The zero-order valence-corrected chi connectivity index (χ0v) is 20.0. The van der Waals surface area contributed by atoms with Crippen LogP contribution in [0.4, 0.5) is 13.2 Å². The minimum absolute atomic E-state index is 0.0164. The molecule has 1 aromatic rings. The molecule has 2 heterocycles. The van der Waals surface area contributed by atoms with E-state index >= 15 is 0 Å². The number of carboxylic acid groups (broad SMARTS) is 1. The molecule has 12 heteroatoms. The van der Waals surface area contributed by atoms with Crippen LogP contribution >= 0.6 is 0 Å². The van der Waals surface area contributed by atoms with Crippen LogP contribution < -0.4 is 5.32 Å². The smallest absolute Gasteiger partial charge is 0.475 e. The van der Waals surface area contributed by atoms with Gasteiger partial charge in [-0.05, 0) is 81.3 Å². The van der Waals surface area contributed by atoms with Crippen molar-refractivity contribution in [1.82, 2.24) is 14.6 Å². The van der Waals surface area contributed by atoms with E-state index in [9.17, 15) is 26.4 Å². The molecule has 0 radical (unpaired) electrons. The molecule has 1 atom stereocenters. The number of carbonyl (C=O) groups excluding carboxylic acids is 1. The normalized spacial score (nSPS) is 32.1. The van der Waals surface area contributed by atoms with Crippen molar-refractivity contribution in [3.63, 3.8) is 0 Å².